The third-order valence-corrected chi connectivity index (χ3v) is 8.54. The predicted molar refractivity (Wildman–Crippen MR) is 144 cm³/mol. The predicted octanol–water partition coefficient (Wildman–Crippen LogP) is 1.75. The molecule has 1 unspecified atom stereocenters. The number of hydrogen-bond donors (Lipinski definition) is 4. The lowest BCUT2D eigenvalue weighted by atomic mass is 9.76. The van der Waals surface area contributed by atoms with Gasteiger partial charge in [-0.15, -0.1) is 5.10 Å². The maximum absolute atomic E-state index is 13.4. The molecule has 1 aliphatic heterocycles. The van der Waals surface area contributed by atoms with Gasteiger partial charge in [0.15, 0.2) is 11.5 Å². The first kappa shape index (κ1) is 25.6. The second kappa shape index (κ2) is 8.65. The fourth-order valence-corrected chi connectivity index (χ4v) is 6.37. The summed E-state index contributed by atoms with van der Waals surface area (Å²) in [6.45, 7) is 4.26. The molecule has 0 radical (unpaired) electrons. The summed E-state index contributed by atoms with van der Waals surface area (Å²) in [5.41, 5.74) is 8.21. The molecule has 3 aliphatic rings. The molecule has 0 bridgehead atoms. The minimum Gasteiger partial charge on any atom is -0.393 e. The number of carbonyl (C=O) groups is 2. The van der Waals surface area contributed by atoms with Crippen molar-refractivity contribution in [3.05, 3.63) is 41.1 Å². The number of benzene rings is 1. The molecule has 2 amide bonds. The minimum absolute atomic E-state index is 0.0179. The van der Waals surface area contributed by atoms with E-state index in [2.05, 4.69) is 20.1 Å². The third kappa shape index (κ3) is 4.59. The maximum atomic E-state index is 13.4. The zero-order valence-corrected chi connectivity index (χ0v) is 22.7. The summed E-state index contributed by atoms with van der Waals surface area (Å²) in [5, 5.41) is 16.8. The number of nitrogens with zero attached hydrogens (tertiary/aromatic N) is 4. The topological polar surface area (TPSA) is 172 Å². The number of aliphatic hydroxyl groups is 1. The van der Waals surface area contributed by atoms with Crippen LogP contribution in [0, 0.1) is 5.92 Å². The number of aliphatic hydroxyl groups excluding tert-OH is 1. The van der Waals surface area contributed by atoms with Gasteiger partial charge in [-0.25, -0.2) is 17.9 Å². The van der Waals surface area contributed by atoms with Crippen molar-refractivity contribution in [2.75, 3.05) is 16.7 Å². The first-order valence-corrected chi connectivity index (χ1v) is 14.8. The van der Waals surface area contributed by atoms with Crippen LogP contribution in [0.4, 0.5) is 11.5 Å². The SMILES string of the molecule is CC(C1CC1)N1Cc2cc(-c3ccn4nc(N)c(C(=O)NC5(C)CC(O)C5)c4n3)cc(NS(C)(=O)=O)c2C1=O. The number of nitrogen functional groups attached to an aromatic ring is 1. The largest absolute Gasteiger partial charge is 0.393 e. The molecule has 5 N–H and O–H groups in total. The molecule has 6 rings (SSSR count). The maximum Gasteiger partial charge on any atom is 0.259 e. The van der Waals surface area contributed by atoms with Crippen molar-refractivity contribution in [2.24, 2.45) is 5.92 Å². The Kier molecular flexibility index (Phi) is 5.67. The van der Waals surface area contributed by atoms with E-state index in [9.17, 15) is 23.1 Å². The van der Waals surface area contributed by atoms with Gasteiger partial charge in [-0.3, -0.25) is 14.3 Å². The zero-order valence-electron chi connectivity index (χ0n) is 21.9. The quantitative estimate of drug-likeness (QED) is 0.343. The molecule has 2 fully saturated rings. The Labute approximate surface area is 225 Å². The van der Waals surface area contributed by atoms with Crippen LogP contribution in [0.25, 0.3) is 16.9 Å². The van der Waals surface area contributed by atoms with E-state index in [4.69, 9.17) is 5.73 Å². The molecule has 0 saturated heterocycles. The van der Waals surface area contributed by atoms with Crippen molar-refractivity contribution >= 4 is 39.0 Å². The van der Waals surface area contributed by atoms with Gasteiger partial charge in [0.2, 0.25) is 10.0 Å². The standard InChI is InChI=1S/C26H31N7O5S/c1-13(14-4-5-14)32-12-16-8-15(9-19(20(16)25(32)36)31-39(3,37)38)18-6-7-33-23(28-18)21(22(27)30-33)24(35)29-26(2)10-17(34)11-26/h6-9,13-14,17,31,34H,4-5,10-12H2,1-3H3,(H2,27,30)(H,29,35). The number of anilines is 2. The van der Waals surface area contributed by atoms with Gasteiger partial charge in [-0.1, -0.05) is 0 Å². The first-order valence-electron chi connectivity index (χ1n) is 12.9. The fraction of sp³-hybridized carbons (Fsp3) is 0.462. The van der Waals surface area contributed by atoms with Crippen molar-refractivity contribution in [1.29, 1.82) is 0 Å². The Morgan fingerprint density at radius 2 is 2.00 bits per heavy atom. The smallest absolute Gasteiger partial charge is 0.259 e. The van der Waals surface area contributed by atoms with E-state index in [0.29, 0.717) is 47.7 Å². The van der Waals surface area contributed by atoms with Gasteiger partial charge in [0.1, 0.15) is 5.56 Å². The lowest BCUT2D eigenvalue weighted by molar-refractivity contribution is 0.0128. The highest BCUT2D eigenvalue weighted by Crippen LogP contribution is 2.41. The Balaban J connectivity index is 1.41. The molecule has 2 aliphatic carbocycles. The van der Waals surface area contributed by atoms with Crippen LogP contribution in [0.2, 0.25) is 0 Å². The van der Waals surface area contributed by atoms with Crippen molar-refractivity contribution in [1.82, 2.24) is 24.8 Å². The molecule has 3 aromatic rings. The van der Waals surface area contributed by atoms with Crippen LogP contribution in [0.3, 0.4) is 0 Å². The highest BCUT2D eigenvalue weighted by molar-refractivity contribution is 7.92. The van der Waals surface area contributed by atoms with E-state index < -0.39 is 27.6 Å². The van der Waals surface area contributed by atoms with Gasteiger partial charge < -0.3 is 21.1 Å². The molecule has 1 atom stereocenters. The summed E-state index contributed by atoms with van der Waals surface area (Å²) in [6.07, 6.45) is 5.26. The molecule has 39 heavy (non-hydrogen) atoms. The third-order valence-electron chi connectivity index (χ3n) is 7.95. The first-order chi connectivity index (χ1) is 18.3. The monoisotopic (exact) mass is 553 g/mol. The van der Waals surface area contributed by atoms with Crippen LogP contribution in [0.5, 0.6) is 0 Å². The van der Waals surface area contributed by atoms with Crippen LogP contribution in [-0.4, -0.2) is 68.8 Å². The molecule has 1 aromatic carbocycles. The number of rotatable bonds is 7. The minimum atomic E-state index is -3.67. The molecule has 2 aromatic heterocycles. The second-order valence-electron chi connectivity index (χ2n) is 11.4. The van der Waals surface area contributed by atoms with Crippen LogP contribution in [0.1, 0.15) is 65.8 Å². The van der Waals surface area contributed by atoms with Crippen LogP contribution < -0.4 is 15.8 Å². The number of fused-ring (bicyclic) bond motifs is 2. The molecule has 3 heterocycles. The van der Waals surface area contributed by atoms with E-state index in [1.54, 1.807) is 23.2 Å². The summed E-state index contributed by atoms with van der Waals surface area (Å²) < 4.78 is 28.4. The van der Waals surface area contributed by atoms with Crippen molar-refractivity contribution in [2.45, 2.75) is 63.8 Å². The Bertz CT molecular complexity index is 1640. The number of sulfonamides is 1. The summed E-state index contributed by atoms with van der Waals surface area (Å²) >= 11 is 0. The van der Waals surface area contributed by atoms with Crippen LogP contribution >= 0.6 is 0 Å². The molecule has 206 valence electrons. The average Bonchev–Trinajstić information content (AvgIpc) is 3.53. The molecular formula is C26H31N7O5S. The van der Waals surface area contributed by atoms with E-state index in [1.165, 1.54) is 4.52 Å². The highest BCUT2D eigenvalue weighted by Gasteiger charge is 2.42. The highest BCUT2D eigenvalue weighted by atomic mass is 32.2. The number of carbonyl (C=O) groups excluding carboxylic acids is 2. The van der Waals surface area contributed by atoms with E-state index in [1.807, 2.05) is 19.9 Å². The number of nitrogens with two attached hydrogens (primary N) is 1. The van der Waals surface area contributed by atoms with Gasteiger partial charge in [0.25, 0.3) is 11.8 Å². The molecule has 2 saturated carbocycles. The summed E-state index contributed by atoms with van der Waals surface area (Å²) in [4.78, 5) is 33.0. The van der Waals surface area contributed by atoms with Crippen molar-refractivity contribution in [3.63, 3.8) is 0 Å². The molecule has 13 heteroatoms. The summed E-state index contributed by atoms with van der Waals surface area (Å²) in [6, 6.07) is 5.19. The number of aromatic nitrogens is 3. The lowest BCUT2D eigenvalue weighted by Gasteiger charge is -2.43. The van der Waals surface area contributed by atoms with Gasteiger partial charge >= 0.3 is 0 Å². The Hall–Kier alpha value is -3.71. The number of nitrogens with one attached hydrogen (secondary N) is 2. The van der Waals surface area contributed by atoms with E-state index in [0.717, 1.165) is 19.1 Å². The van der Waals surface area contributed by atoms with Crippen LogP contribution in [0.15, 0.2) is 24.4 Å². The van der Waals surface area contributed by atoms with Gasteiger partial charge in [0.05, 0.1) is 29.3 Å². The van der Waals surface area contributed by atoms with Crippen molar-refractivity contribution < 1.29 is 23.1 Å². The van der Waals surface area contributed by atoms with E-state index >= 15 is 0 Å². The normalized spacial score (nSPS) is 23.4. The summed E-state index contributed by atoms with van der Waals surface area (Å²) in [7, 11) is -3.67. The average molecular weight is 554 g/mol. The molecule has 0 spiro atoms. The van der Waals surface area contributed by atoms with Gasteiger partial charge in [0, 0.05) is 29.9 Å². The Morgan fingerprint density at radius 3 is 2.64 bits per heavy atom. The van der Waals surface area contributed by atoms with Gasteiger partial charge in [-0.05, 0) is 69.2 Å². The van der Waals surface area contributed by atoms with Crippen molar-refractivity contribution in [3.8, 4) is 11.3 Å². The zero-order chi connectivity index (χ0) is 27.9. The fourth-order valence-electron chi connectivity index (χ4n) is 5.81. The van der Waals surface area contributed by atoms with E-state index in [-0.39, 0.29) is 34.7 Å². The number of hydrogen-bond acceptors (Lipinski definition) is 8. The van der Waals surface area contributed by atoms with Crippen LogP contribution in [-0.2, 0) is 16.6 Å². The summed E-state index contributed by atoms with van der Waals surface area (Å²) in [5.74, 6) is -0.155. The lowest BCUT2D eigenvalue weighted by Crippen LogP contribution is -2.57. The second-order valence-corrected chi connectivity index (χ2v) is 13.1. The Morgan fingerprint density at radius 1 is 1.28 bits per heavy atom. The molecular weight excluding hydrogens is 522 g/mol. The van der Waals surface area contributed by atoms with Gasteiger partial charge in [-0.2, -0.15) is 0 Å². The molecule has 12 nitrogen and oxygen atoms in total. The number of amides is 2.